The molecular formula is C14H11N3O3S3. The number of rotatable bonds is 5. The third kappa shape index (κ3) is 3.41. The SMILES string of the molecule is O=C(O)CCCN1C(=O)/C(=C\c2cccc3nsnc23)SC1=S. The molecule has 0 bridgehead atoms. The zero-order valence-corrected chi connectivity index (χ0v) is 14.2. The molecule has 6 nitrogen and oxygen atoms in total. The van der Waals surface area contributed by atoms with Gasteiger partial charge in [0.2, 0.25) is 0 Å². The average Bonchev–Trinajstić information content (AvgIpc) is 3.08. The maximum Gasteiger partial charge on any atom is 0.303 e. The minimum absolute atomic E-state index is 0.0138. The number of thiocarbonyl (C=S) groups is 1. The molecule has 0 aliphatic carbocycles. The fourth-order valence-electron chi connectivity index (χ4n) is 2.17. The first-order chi connectivity index (χ1) is 11.1. The highest BCUT2D eigenvalue weighted by molar-refractivity contribution is 8.26. The normalized spacial score (nSPS) is 16.7. The summed E-state index contributed by atoms with van der Waals surface area (Å²) >= 11 is 7.57. The molecule has 1 aromatic carbocycles. The van der Waals surface area contributed by atoms with Crippen molar-refractivity contribution in [3.63, 3.8) is 0 Å². The van der Waals surface area contributed by atoms with Crippen LogP contribution in [0.2, 0.25) is 0 Å². The number of aromatic nitrogens is 2. The van der Waals surface area contributed by atoms with Crippen molar-refractivity contribution in [3.05, 3.63) is 28.7 Å². The van der Waals surface area contributed by atoms with Crippen LogP contribution in [0.1, 0.15) is 18.4 Å². The van der Waals surface area contributed by atoms with Crippen LogP contribution in [-0.4, -0.2) is 41.5 Å². The standard InChI is InChI=1S/C14H11N3O3S3/c18-11(19)5-2-6-17-13(20)10(22-14(17)21)7-8-3-1-4-9-12(8)16-23-15-9/h1,3-4,7H,2,5-6H2,(H,18,19)/b10-7+. The first-order valence-corrected chi connectivity index (χ1v) is 8.70. The van der Waals surface area contributed by atoms with Gasteiger partial charge in [-0.25, -0.2) is 0 Å². The lowest BCUT2D eigenvalue weighted by Gasteiger charge is -2.13. The summed E-state index contributed by atoms with van der Waals surface area (Å²) in [6.45, 7) is 0.316. The van der Waals surface area contributed by atoms with Crippen molar-refractivity contribution in [2.45, 2.75) is 12.8 Å². The molecule has 2 heterocycles. The first kappa shape index (κ1) is 16.0. The summed E-state index contributed by atoms with van der Waals surface area (Å²) < 4.78 is 8.88. The van der Waals surface area contributed by atoms with E-state index in [0.717, 1.165) is 28.3 Å². The molecule has 3 rings (SSSR count). The molecular weight excluding hydrogens is 354 g/mol. The van der Waals surface area contributed by atoms with Crippen LogP contribution in [0.25, 0.3) is 17.1 Å². The van der Waals surface area contributed by atoms with Gasteiger partial charge in [-0.2, -0.15) is 8.75 Å². The fourth-order valence-corrected chi connectivity index (χ4v) is 4.02. The van der Waals surface area contributed by atoms with Crippen molar-refractivity contribution in [1.82, 2.24) is 13.6 Å². The van der Waals surface area contributed by atoms with Gasteiger partial charge in [-0.15, -0.1) is 0 Å². The lowest BCUT2D eigenvalue weighted by atomic mass is 10.1. The number of amides is 1. The Bertz CT molecular complexity index is 831. The minimum Gasteiger partial charge on any atom is -0.481 e. The first-order valence-electron chi connectivity index (χ1n) is 6.74. The highest BCUT2D eigenvalue weighted by Crippen LogP contribution is 2.33. The molecule has 1 N–H and O–H groups in total. The van der Waals surface area contributed by atoms with Gasteiger partial charge in [-0.3, -0.25) is 14.5 Å². The lowest BCUT2D eigenvalue weighted by Crippen LogP contribution is -2.29. The minimum atomic E-state index is -0.881. The summed E-state index contributed by atoms with van der Waals surface area (Å²) in [4.78, 5) is 25.0. The number of thioether (sulfide) groups is 1. The van der Waals surface area contributed by atoms with E-state index >= 15 is 0 Å². The van der Waals surface area contributed by atoms with Gasteiger partial charge in [0, 0.05) is 18.5 Å². The van der Waals surface area contributed by atoms with Crippen LogP contribution in [0, 0.1) is 0 Å². The summed E-state index contributed by atoms with van der Waals surface area (Å²) in [6.07, 6.45) is 2.15. The molecule has 23 heavy (non-hydrogen) atoms. The third-order valence-corrected chi connectivity index (χ3v) is 5.17. The van der Waals surface area contributed by atoms with Crippen molar-refractivity contribution < 1.29 is 14.7 Å². The van der Waals surface area contributed by atoms with E-state index < -0.39 is 5.97 Å². The second-order valence-corrected chi connectivity index (χ2v) is 7.01. The Labute approximate surface area is 145 Å². The maximum absolute atomic E-state index is 12.4. The quantitative estimate of drug-likeness (QED) is 0.644. The number of carboxylic acids is 1. The Kier molecular flexibility index (Phi) is 4.69. The zero-order valence-electron chi connectivity index (χ0n) is 11.8. The van der Waals surface area contributed by atoms with E-state index in [9.17, 15) is 9.59 Å². The van der Waals surface area contributed by atoms with E-state index in [0.29, 0.717) is 22.2 Å². The van der Waals surface area contributed by atoms with Gasteiger partial charge in [0.25, 0.3) is 5.91 Å². The Balaban J connectivity index is 1.81. The number of hydrogen-bond acceptors (Lipinski definition) is 7. The highest BCUT2D eigenvalue weighted by Gasteiger charge is 2.31. The van der Waals surface area contributed by atoms with Crippen molar-refractivity contribution in [2.24, 2.45) is 0 Å². The summed E-state index contributed by atoms with van der Waals surface area (Å²) in [7, 11) is 0. The predicted molar refractivity (Wildman–Crippen MR) is 94.2 cm³/mol. The number of hydrogen-bond donors (Lipinski definition) is 1. The smallest absolute Gasteiger partial charge is 0.303 e. The Morgan fingerprint density at radius 2 is 2.22 bits per heavy atom. The summed E-state index contributed by atoms with van der Waals surface area (Å²) in [5.41, 5.74) is 2.37. The number of benzene rings is 1. The van der Waals surface area contributed by atoms with E-state index in [1.165, 1.54) is 16.7 Å². The Morgan fingerprint density at radius 1 is 1.39 bits per heavy atom. The van der Waals surface area contributed by atoms with Crippen LogP contribution < -0.4 is 0 Å². The number of carbonyl (C=O) groups is 2. The van der Waals surface area contributed by atoms with E-state index in [4.69, 9.17) is 17.3 Å². The maximum atomic E-state index is 12.4. The number of aliphatic carboxylic acids is 1. The van der Waals surface area contributed by atoms with Crippen LogP contribution in [0.15, 0.2) is 23.1 Å². The monoisotopic (exact) mass is 365 g/mol. The fraction of sp³-hybridized carbons (Fsp3) is 0.214. The van der Waals surface area contributed by atoms with Crippen molar-refractivity contribution in [3.8, 4) is 0 Å². The van der Waals surface area contributed by atoms with E-state index in [1.54, 1.807) is 6.08 Å². The van der Waals surface area contributed by atoms with Crippen molar-refractivity contribution in [1.29, 1.82) is 0 Å². The van der Waals surface area contributed by atoms with Gasteiger partial charge >= 0.3 is 5.97 Å². The van der Waals surface area contributed by atoms with Gasteiger partial charge in [0.15, 0.2) is 0 Å². The average molecular weight is 365 g/mol. The molecule has 118 valence electrons. The molecule has 0 radical (unpaired) electrons. The van der Waals surface area contributed by atoms with E-state index in [-0.39, 0.29) is 12.3 Å². The number of fused-ring (bicyclic) bond motifs is 1. The van der Waals surface area contributed by atoms with Gasteiger partial charge in [-0.05, 0) is 18.6 Å². The second-order valence-electron chi connectivity index (χ2n) is 4.81. The Morgan fingerprint density at radius 3 is 3.00 bits per heavy atom. The van der Waals surface area contributed by atoms with Gasteiger partial charge in [0.1, 0.15) is 15.4 Å². The molecule has 0 unspecified atom stereocenters. The largest absolute Gasteiger partial charge is 0.481 e. The van der Waals surface area contributed by atoms with Gasteiger partial charge in [0.05, 0.1) is 16.6 Å². The molecule has 0 atom stereocenters. The third-order valence-electron chi connectivity index (χ3n) is 3.25. The number of nitrogens with zero attached hydrogens (tertiary/aromatic N) is 3. The van der Waals surface area contributed by atoms with Crippen molar-refractivity contribution >= 4 is 69.0 Å². The zero-order chi connectivity index (χ0) is 16.4. The molecule has 1 aliphatic heterocycles. The Hall–Kier alpha value is -1.84. The van der Waals surface area contributed by atoms with Crippen LogP contribution in [-0.2, 0) is 9.59 Å². The molecule has 1 aromatic heterocycles. The van der Waals surface area contributed by atoms with E-state index in [1.807, 2.05) is 18.2 Å². The topological polar surface area (TPSA) is 83.4 Å². The highest BCUT2D eigenvalue weighted by atomic mass is 32.2. The number of carboxylic acid groups (broad SMARTS) is 1. The molecule has 1 amide bonds. The van der Waals surface area contributed by atoms with E-state index in [2.05, 4.69) is 8.75 Å². The molecule has 1 fully saturated rings. The molecule has 0 spiro atoms. The number of carbonyl (C=O) groups excluding carboxylic acids is 1. The van der Waals surface area contributed by atoms with Crippen molar-refractivity contribution in [2.75, 3.05) is 6.54 Å². The van der Waals surface area contributed by atoms with Crippen LogP contribution >= 0.6 is 35.7 Å². The predicted octanol–water partition coefficient (Wildman–Crippen LogP) is 2.76. The molecule has 0 saturated carbocycles. The summed E-state index contributed by atoms with van der Waals surface area (Å²) in [5.74, 6) is -1.07. The second kappa shape index (κ2) is 6.73. The summed E-state index contributed by atoms with van der Waals surface area (Å²) in [5, 5.41) is 8.68. The molecule has 9 heteroatoms. The summed E-state index contributed by atoms with van der Waals surface area (Å²) in [6, 6.07) is 5.61. The lowest BCUT2D eigenvalue weighted by molar-refractivity contribution is -0.137. The molecule has 1 saturated heterocycles. The van der Waals surface area contributed by atoms with Crippen LogP contribution in [0.3, 0.4) is 0 Å². The van der Waals surface area contributed by atoms with Gasteiger partial charge < -0.3 is 5.11 Å². The van der Waals surface area contributed by atoms with Gasteiger partial charge in [-0.1, -0.05) is 36.1 Å². The van der Waals surface area contributed by atoms with Crippen LogP contribution in [0.4, 0.5) is 0 Å². The van der Waals surface area contributed by atoms with Crippen LogP contribution in [0.5, 0.6) is 0 Å². The molecule has 1 aliphatic rings. The molecule has 2 aromatic rings.